The van der Waals surface area contributed by atoms with Gasteiger partial charge in [-0.2, -0.15) is 10.2 Å². The number of aliphatic hydroxyl groups excluding tert-OH is 2. The molecule has 10 nitrogen and oxygen atoms in total. The van der Waals surface area contributed by atoms with Gasteiger partial charge in [0.15, 0.2) is 0 Å². The summed E-state index contributed by atoms with van der Waals surface area (Å²) in [5, 5.41) is 33.7. The normalized spacial score (nSPS) is 11.8. The number of rotatable bonds is 6. The third kappa shape index (κ3) is 8.80. The van der Waals surface area contributed by atoms with Crippen LogP contribution < -0.4 is 0 Å². The summed E-state index contributed by atoms with van der Waals surface area (Å²) in [6, 6.07) is 13.5. The summed E-state index contributed by atoms with van der Waals surface area (Å²) in [4.78, 5) is 7.66. The maximum Gasteiger partial charge on any atom is 0.238 e. The van der Waals surface area contributed by atoms with E-state index in [1.54, 1.807) is 73.3 Å². The molecule has 0 aliphatic rings. The Hall–Kier alpha value is -4.24. The van der Waals surface area contributed by atoms with Crippen LogP contribution in [0.15, 0.2) is 115 Å². The van der Waals surface area contributed by atoms with Crippen LogP contribution in [0.25, 0.3) is 0 Å². The summed E-state index contributed by atoms with van der Waals surface area (Å²) in [6.45, 7) is 0. The van der Waals surface area contributed by atoms with Crippen molar-refractivity contribution in [3.8, 4) is 0 Å². The van der Waals surface area contributed by atoms with E-state index in [2.05, 4.69) is 30.4 Å². The Balaban J connectivity index is 0.000000227. The van der Waals surface area contributed by atoms with Gasteiger partial charge in [0.05, 0.1) is 25.0 Å². The van der Waals surface area contributed by atoms with Gasteiger partial charge in [0.2, 0.25) is 11.8 Å². The summed E-state index contributed by atoms with van der Waals surface area (Å²) >= 11 is 0. The predicted molar refractivity (Wildman–Crippen MR) is 119 cm³/mol. The van der Waals surface area contributed by atoms with Crippen molar-refractivity contribution in [1.82, 2.24) is 9.97 Å². The van der Waals surface area contributed by atoms with E-state index in [1.807, 2.05) is 0 Å². The number of aliphatic hydroxyl groups is 2. The minimum Gasteiger partial charge on any atom is -0.492 e. The third-order valence-electron chi connectivity index (χ3n) is 3.64. The molecule has 0 aromatic carbocycles. The van der Waals surface area contributed by atoms with Crippen LogP contribution >= 0.6 is 0 Å². The van der Waals surface area contributed by atoms with E-state index < -0.39 is 0 Å². The van der Waals surface area contributed by atoms with E-state index in [0.29, 0.717) is 22.6 Å². The molecule has 4 heterocycles. The number of pyridine rings is 2. The molecule has 33 heavy (non-hydrogen) atoms. The van der Waals surface area contributed by atoms with Crippen molar-refractivity contribution in [2.24, 2.45) is 20.4 Å². The van der Waals surface area contributed by atoms with Crippen LogP contribution in [0, 0.1) is 0 Å². The van der Waals surface area contributed by atoms with Crippen LogP contribution in [0.4, 0.5) is 0 Å². The average molecular weight is 496 g/mol. The van der Waals surface area contributed by atoms with Crippen LogP contribution in [-0.2, 0) is 19.5 Å². The van der Waals surface area contributed by atoms with Crippen molar-refractivity contribution >= 4 is 24.2 Å². The van der Waals surface area contributed by atoms with Crippen molar-refractivity contribution < 1.29 is 38.5 Å². The van der Waals surface area contributed by atoms with Crippen LogP contribution in [0.1, 0.15) is 22.6 Å². The van der Waals surface area contributed by atoms with Gasteiger partial charge in [-0.3, -0.25) is 9.97 Å². The molecule has 0 bridgehead atoms. The zero-order valence-electron chi connectivity index (χ0n) is 17.3. The molecule has 0 amide bonds. The molecule has 0 saturated heterocycles. The van der Waals surface area contributed by atoms with Crippen LogP contribution in [0.2, 0.25) is 0 Å². The molecule has 4 aromatic rings. The largest absolute Gasteiger partial charge is 0.492 e. The Labute approximate surface area is 201 Å². The Kier molecular flexibility index (Phi) is 10.6. The van der Waals surface area contributed by atoms with E-state index in [0.717, 1.165) is 0 Å². The quantitative estimate of drug-likeness (QED) is 0.179. The molecular formula is C22H18N6O4Zn. The molecule has 0 aliphatic carbocycles. The number of furan rings is 2. The fourth-order valence-corrected chi connectivity index (χ4v) is 2.13. The first-order chi connectivity index (χ1) is 15.7. The predicted octanol–water partition coefficient (Wildman–Crippen LogP) is 4.02. The standard InChI is InChI=1S/2C11H9N3O2.Zn/c2*15-11(9-3-5-12-6-4-9)14-13-8-10-2-1-7-16-10;/h2*1-8H,(H,14,15);/b2*13-8+;. The van der Waals surface area contributed by atoms with Gasteiger partial charge in [0.1, 0.15) is 11.5 Å². The van der Waals surface area contributed by atoms with Gasteiger partial charge < -0.3 is 19.0 Å². The molecule has 0 spiro atoms. The van der Waals surface area contributed by atoms with Crippen LogP contribution in [-0.4, -0.2) is 44.4 Å². The van der Waals surface area contributed by atoms with Crippen molar-refractivity contribution in [2.75, 3.05) is 0 Å². The average Bonchev–Trinajstić information content (AvgIpc) is 3.55. The first-order valence-electron chi connectivity index (χ1n) is 9.20. The second kappa shape index (κ2) is 13.9. The van der Waals surface area contributed by atoms with Gasteiger partial charge in [-0.15, -0.1) is 10.2 Å². The Morgan fingerprint density at radius 1 is 0.667 bits per heavy atom. The van der Waals surface area contributed by atoms with Gasteiger partial charge in [0.25, 0.3) is 0 Å². The molecular weight excluding hydrogens is 478 g/mol. The molecule has 0 saturated carbocycles. The van der Waals surface area contributed by atoms with Gasteiger partial charge in [0, 0.05) is 55.4 Å². The Morgan fingerprint density at radius 3 is 1.39 bits per heavy atom. The second-order valence-corrected chi connectivity index (χ2v) is 5.84. The molecule has 0 atom stereocenters. The Bertz CT molecular complexity index is 1080. The van der Waals surface area contributed by atoms with Crippen molar-refractivity contribution in [3.63, 3.8) is 0 Å². The van der Waals surface area contributed by atoms with Crippen LogP contribution in [0.5, 0.6) is 0 Å². The van der Waals surface area contributed by atoms with E-state index in [1.165, 1.54) is 25.0 Å². The molecule has 4 aromatic heterocycles. The van der Waals surface area contributed by atoms with Gasteiger partial charge in [-0.05, 0) is 48.5 Å². The molecule has 0 radical (unpaired) electrons. The van der Waals surface area contributed by atoms with Crippen molar-refractivity contribution in [2.45, 2.75) is 0 Å². The molecule has 162 valence electrons. The van der Waals surface area contributed by atoms with Gasteiger partial charge >= 0.3 is 0 Å². The van der Waals surface area contributed by atoms with E-state index in [-0.39, 0.29) is 31.3 Å². The molecule has 11 heteroatoms. The maximum absolute atomic E-state index is 9.53. The van der Waals surface area contributed by atoms with E-state index >= 15 is 0 Å². The van der Waals surface area contributed by atoms with Crippen molar-refractivity contribution in [3.05, 3.63) is 108 Å². The number of hydrogen-bond acceptors (Lipinski definition) is 8. The first-order valence-corrected chi connectivity index (χ1v) is 9.20. The number of aromatic nitrogens is 2. The Morgan fingerprint density at radius 2 is 1.06 bits per heavy atom. The van der Waals surface area contributed by atoms with E-state index in [4.69, 9.17) is 8.83 Å². The fraction of sp³-hybridized carbons (Fsp3) is 0. The molecule has 2 N–H and O–H groups in total. The molecule has 0 unspecified atom stereocenters. The summed E-state index contributed by atoms with van der Waals surface area (Å²) in [7, 11) is 0. The van der Waals surface area contributed by atoms with Gasteiger partial charge in [-0.25, -0.2) is 0 Å². The summed E-state index contributed by atoms with van der Waals surface area (Å²) in [5.74, 6) is 0.827. The molecule has 0 fully saturated rings. The monoisotopic (exact) mass is 494 g/mol. The minimum atomic E-state index is -0.162. The van der Waals surface area contributed by atoms with Crippen molar-refractivity contribution in [1.29, 1.82) is 0 Å². The topological polar surface area (TPSA) is 142 Å². The smallest absolute Gasteiger partial charge is 0.238 e. The summed E-state index contributed by atoms with van der Waals surface area (Å²) < 4.78 is 10.0. The maximum atomic E-state index is 9.53. The SMILES string of the molecule is O/C(=N/N=C/c1ccco1)c1ccncc1.O/C(=N/N=C/c1ccco1)c1ccncc1.[Zn]. The molecule has 0 aliphatic heterocycles. The zero-order chi connectivity index (χ0) is 22.4. The summed E-state index contributed by atoms with van der Waals surface area (Å²) in [6.07, 6.45) is 12.2. The first kappa shape index (κ1) is 25.0. The minimum absolute atomic E-state index is 0. The summed E-state index contributed by atoms with van der Waals surface area (Å²) in [5.41, 5.74) is 1.12. The van der Waals surface area contributed by atoms with Gasteiger partial charge in [-0.1, -0.05) is 0 Å². The van der Waals surface area contributed by atoms with E-state index in [9.17, 15) is 10.2 Å². The zero-order valence-corrected chi connectivity index (χ0v) is 20.3. The fourth-order valence-electron chi connectivity index (χ4n) is 2.13. The third-order valence-corrected chi connectivity index (χ3v) is 3.64. The van der Waals surface area contributed by atoms with Crippen LogP contribution in [0.3, 0.4) is 0 Å². The number of nitrogens with zero attached hydrogens (tertiary/aromatic N) is 6. The molecule has 4 rings (SSSR count). The number of hydrogen-bond donors (Lipinski definition) is 2. The second-order valence-electron chi connectivity index (χ2n) is 5.84.